The number of aryl methyl sites for hydroxylation is 1. The second-order valence-electron chi connectivity index (χ2n) is 8.42. The van der Waals surface area contributed by atoms with Crippen LogP contribution in [0.4, 0.5) is 0 Å². The van der Waals surface area contributed by atoms with Crippen molar-refractivity contribution in [1.82, 2.24) is 29.5 Å². The van der Waals surface area contributed by atoms with Gasteiger partial charge < -0.3 is 4.74 Å². The molecule has 1 atom stereocenters. The molecule has 4 heterocycles. The van der Waals surface area contributed by atoms with Crippen molar-refractivity contribution in [2.24, 2.45) is 7.05 Å². The molecular weight excluding hydrogens is 412 g/mol. The average Bonchev–Trinajstić information content (AvgIpc) is 3.51. The summed E-state index contributed by atoms with van der Waals surface area (Å²) in [6.07, 6.45) is 10.8. The lowest BCUT2D eigenvalue weighted by Gasteiger charge is -2.22. The summed E-state index contributed by atoms with van der Waals surface area (Å²) in [4.78, 5) is 9.28. The van der Waals surface area contributed by atoms with Gasteiger partial charge in [0.2, 0.25) is 0 Å². The number of hydrogen-bond acceptors (Lipinski definition) is 5. The monoisotopic (exact) mass is 436 g/mol. The summed E-state index contributed by atoms with van der Waals surface area (Å²) in [5.74, 6) is 0. The lowest BCUT2D eigenvalue weighted by atomic mass is 10.0. The molecule has 1 fully saturated rings. The Morgan fingerprint density at radius 1 is 0.909 bits per heavy atom. The van der Waals surface area contributed by atoms with E-state index < -0.39 is 0 Å². The highest BCUT2D eigenvalue weighted by molar-refractivity contribution is 5.97. The first-order chi connectivity index (χ1) is 16.3. The fourth-order valence-electron chi connectivity index (χ4n) is 4.48. The van der Waals surface area contributed by atoms with Crippen molar-refractivity contribution in [2.45, 2.75) is 25.5 Å². The number of rotatable bonds is 4. The van der Waals surface area contributed by atoms with Crippen LogP contribution in [0.5, 0.6) is 0 Å². The van der Waals surface area contributed by atoms with Crippen molar-refractivity contribution in [3.8, 4) is 33.6 Å². The second kappa shape index (κ2) is 8.26. The molecule has 1 unspecified atom stereocenters. The van der Waals surface area contributed by atoms with Crippen LogP contribution in [0.15, 0.2) is 73.4 Å². The molecule has 0 bridgehead atoms. The number of nitrogens with zero attached hydrogens (tertiary/aromatic N) is 6. The van der Waals surface area contributed by atoms with Crippen LogP contribution >= 0.6 is 0 Å². The van der Waals surface area contributed by atoms with Crippen LogP contribution in [0.3, 0.4) is 0 Å². The Labute approximate surface area is 191 Å². The van der Waals surface area contributed by atoms with Crippen LogP contribution in [0.25, 0.3) is 44.5 Å². The summed E-state index contributed by atoms with van der Waals surface area (Å²) in [5.41, 5.74) is 6.85. The Morgan fingerprint density at radius 2 is 1.82 bits per heavy atom. The molecule has 164 valence electrons. The van der Waals surface area contributed by atoms with Gasteiger partial charge in [0.25, 0.3) is 0 Å². The molecule has 0 N–H and O–H groups in total. The summed E-state index contributed by atoms with van der Waals surface area (Å²) in [6, 6.07) is 16.5. The highest BCUT2D eigenvalue weighted by atomic mass is 16.5. The van der Waals surface area contributed by atoms with Gasteiger partial charge in [0, 0.05) is 48.1 Å². The van der Waals surface area contributed by atoms with Crippen LogP contribution in [-0.2, 0) is 11.8 Å². The van der Waals surface area contributed by atoms with Gasteiger partial charge in [0.05, 0.1) is 17.4 Å². The summed E-state index contributed by atoms with van der Waals surface area (Å²) in [7, 11) is 1.92. The largest absolute Gasteiger partial charge is 0.357 e. The molecule has 1 saturated heterocycles. The molecule has 33 heavy (non-hydrogen) atoms. The van der Waals surface area contributed by atoms with Crippen LogP contribution in [-0.4, -0.2) is 36.1 Å². The number of hydrogen-bond donors (Lipinski definition) is 0. The first kappa shape index (κ1) is 19.8. The fourth-order valence-corrected chi connectivity index (χ4v) is 4.48. The lowest BCUT2D eigenvalue weighted by molar-refractivity contribution is -0.0393. The molecule has 3 aromatic heterocycles. The van der Waals surface area contributed by atoms with Crippen molar-refractivity contribution < 1.29 is 4.74 Å². The van der Waals surface area contributed by atoms with Gasteiger partial charge in [-0.05, 0) is 37.0 Å². The minimum atomic E-state index is -0.0414. The molecule has 0 saturated carbocycles. The number of fused-ring (bicyclic) bond motifs is 1. The van der Waals surface area contributed by atoms with Crippen LogP contribution in [0, 0.1) is 0 Å². The van der Waals surface area contributed by atoms with E-state index in [4.69, 9.17) is 14.8 Å². The number of ether oxygens (including phenoxy) is 1. The minimum absolute atomic E-state index is 0.0414. The zero-order chi connectivity index (χ0) is 22.2. The zero-order valence-electron chi connectivity index (χ0n) is 18.4. The SMILES string of the molecule is Cn1cc(-c2ccc3c(-c4cn(C5CCCCO5)nc4-c4ccccc4)ncnc3c2)cn1. The summed E-state index contributed by atoms with van der Waals surface area (Å²) < 4.78 is 9.79. The van der Waals surface area contributed by atoms with Crippen LogP contribution < -0.4 is 0 Å². The van der Waals surface area contributed by atoms with E-state index in [0.717, 1.165) is 70.4 Å². The van der Waals surface area contributed by atoms with E-state index in [2.05, 4.69) is 46.6 Å². The van der Waals surface area contributed by atoms with Crippen molar-refractivity contribution in [2.75, 3.05) is 6.61 Å². The third kappa shape index (κ3) is 3.70. The Bertz CT molecular complexity index is 1420. The topological polar surface area (TPSA) is 70.7 Å². The number of benzene rings is 2. The molecule has 5 aromatic rings. The van der Waals surface area contributed by atoms with E-state index in [1.165, 1.54) is 0 Å². The van der Waals surface area contributed by atoms with Gasteiger partial charge in [0.15, 0.2) is 0 Å². The van der Waals surface area contributed by atoms with E-state index in [9.17, 15) is 0 Å². The van der Waals surface area contributed by atoms with Gasteiger partial charge in [0.1, 0.15) is 18.2 Å². The van der Waals surface area contributed by atoms with Crippen LogP contribution in [0.2, 0.25) is 0 Å². The maximum Gasteiger partial charge on any atom is 0.150 e. The molecule has 0 amide bonds. The highest BCUT2D eigenvalue weighted by Gasteiger charge is 2.22. The van der Waals surface area contributed by atoms with Crippen molar-refractivity contribution in [1.29, 1.82) is 0 Å². The van der Waals surface area contributed by atoms with Crippen molar-refractivity contribution in [3.05, 3.63) is 73.4 Å². The molecular formula is C26H24N6O. The van der Waals surface area contributed by atoms with Gasteiger partial charge in [-0.15, -0.1) is 0 Å². The Kier molecular flexibility index (Phi) is 4.96. The standard InChI is InChI=1S/C26H24N6O/c1-31-15-20(14-29-31)19-10-11-21-23(13-19)27-17-28-26(21)22-16-32(24-9-5-6-12-33-24)30-25(22)18-7-3-2-4-8-18/h2-4,7-8,10-11,13-17,24H,5-6,9,12H2,1H3. The normalized spacial score (nSPS) is 16.3. The summed E-state index contributed by atoms with van der Waals surface area (Å²) in [5, 5.41) is 10.3. The Morgan fingerprint density at radius 3 is 2.61 bits per heavy atom. The third-order valence-electron chi connectivity index (χ3n) is 6.16. The van der Waals surface area contributed by atoms with Crippen LogP contribution in [0.1, 0.15) is 25.5 Å². The van der Waals surface area contributed by atoms with E-state index in [0.29, 0.717) is 0 Å². The minimum Gasteiger partial charge on any atom is -0.357 e. The molecule has 0 aliphatic carbocycles. The summed E-state index contributed by atoms with van der Waals surface area (Å²) >= 11 is 0. The van der Waals surface area contributed by atoms with Gasteiger partial charge in [-0.2, -0.15) is 10.2 Å². The predicted molar refractivity (Wildman–Crippen MR) is 127 cm³/mol. The van der Waals surface area contributed by atoms with E-state index in [1.807, 2.05) is 42.3 Å². The lowest BCUT2D eigenvalue weighted by Crippen LogP contribution is -2.18. The van der Waals surface area contributed by atoms with Gasteiger partial charge in [-0.3, -0.25) is 4.68 Å². The maximum atomic E-state index is 6.02. The molecule has 6 rings (SSSR count). The van der Waals surface area contributed by atoms with Gasteiger partial charge in [-0.25, -0.2) is 14.6 Å². The van der Waals surface area contributed by atoms with Gasteiger partial charge in [-0.1, -0.05) is 36.4 Å². The average molecular weight is 437 g/mol. The highest BCUT2D eigenvalue weighted by Crippen LogP contribution is 2.36. The molecule has 1 aliphatic rings. The molecule has 7 nitrogen and oxygen atoms in total. The first-order valence-electron chi connectivity index (χ1n) is 11.3. The van der Waals surface area contributed by atoms with E-state index >= 15 is 0 Å². The molecule has 7 heteroatoms. The molecule has 2 aromatic carbocycles. The molecule has 0 spiro atoms. The fraction of sp³-hybridized carbons (Fsp3) is 0.231. The smallest absolute Gasteiger partial charge is 0.150 e. The van der Waals surface area contributed by atoms with Gasteiger partial charge >= 0.3 is 0 Å². The van der Waals surface area contributed by atoms with Crippen molar-refractivity contribution in [3.63, 3.8) is 0 Å². The maximum absolute atomic E-state index is 6.02. The van der Waals surface area contributed by atoms with E-state index in [1.54, 1.807) is 11.0 Å². The summed E-state index contributed by atoms with van der Waals surface area (Å²) in [6.45, 7) is 0.772. The second-order valence-corrected chi connectivity index (χ2v) is 8.42. The molecule has 1 aliphatic heterocycles. The molecule has 0 radical (unpaired) electrons. The van der Waals surface area contributed by atoms with E-state index in [-0.39, 0.29) is 6.23 Å². The first-order valence-corrected chi connectivity index (χ1v) is 11.3. The quantitative estimate of drug-likeness (QED) is 0.384. The predicted octanol–water partition coefficient (Wildman–Crippen LogP) is 5.26. The zero-order valence-corrected chi connectivity index (χ0v) is 18.4. The third-order valence-corrected chi connectivity index (χ3v) is 6.16. The Balaban J connectivity index is 1.50. The Hall–Kier alpha value is -3.84. The number of aromatic nitrogens is 6. The van der Waals surface area contributed by atoms with Crippen molar-refractivity contribution >= 4 is 10.9 Å².